The summed E-state index contributed by atoms with van der Waals surface area (Å²) in [6.45, 7) is 0.206. The largest absolute Gasteiger partial charge is 0.497 e. The number of halogens is 2. The van der Waals surface area contributed by atoms with E-state index in [1.54, 1.807) is 49.6 Å². The number of carbonyl (C=O) groups is 1. The average molecular weight is 504 g/mol. The molecule has 1 amide bonds. The quantitative estimate of drug-likeness (QED) is 0.321. The molecule has 31 heavy (non-hydrogen) atoms. The first-order valence-corrected chi connectivity index (χ1v) is 10.5. The SMILES string of the molecule is COc1ccc(OCc2cccc(Br)c2)c(/C=N/NC(=O)COc2ccc(Cl)cc2)c1. The van der Waals surface area contributed by atoms with Crippen LogP contribution >= 0.6 is 27.5 Å². The van der Waals surface area contributed by atoms with Crippen LogP contribution in [0, 0.1) is 0 Å². The molecule has 3 aromatic carbocycles. The highest BCUT2D eigenvalue weighted by Gasteiger charge is 2.06. The van der Waals surface area contributed by atoms with Gasteiger partial charge in [0.15, 0.2) is 6.61 Å². The number of hydrogen-bond acceptors (Lipinski definition) is 5. The molecule has 0 atom stereocenters. The summed E-state index contributed by atoms with van der Waals surface area (Å²) < 4.78 is 17.6. The monoisotopic (exact) mass is 502 g/mol. The Bertz CT molecular complexity index is 1060. The molecule has 1 N–H and O–H groups in total. The minimum atomic E-state index is -0.397. The van der Waals surface area contributed by atoms with Crippen molar-refractivity contribution in [3.63, 3.8) is 0 Å². The summed E-state index contributed by atoms with van der Waals surface area (Å²) >= 11 is 9.27. The molecule has 0 fully saturated rings. The van der Waals surface area contributed by atoms with Crippen LogP contribution in [-0.2, 0) is 11.4 Å². The Balaban J connectivity index is 1.59. The Kier molecular flexibility index (Phi) is 8.32. The van der Waals surface area contributed by atoms with Gasteiger partial charge in [0.2, 0.25) is 0 Å². The minimum Gasteiger partial charge on any atom is -0.497 e. The molecular formula is C23H20BrClN2O4. The molecule has 3 aromatic rings. The van der Waals surface area contributed by atoms with E-state index >= 15 is 0 Å². The highest BCUT2D eigenvalue weighted by atomic mass is 79.9. The van der Waals surface area contributed by atoms with Crippen LogP contribution < -0.4 is 19.6 Å². The van der Waals surface area contributed by atoms with Gasteiger partial charge in [0.05, 0.1) is 13.3 Å². The first kappa shape index (κ1) is 22.7. The molecule has 160 valence electrons. The number of hydrogen-bond donors (Lipinski definition) is 1. The zero-order valence-corrected chi connectivity index (χ0v) is 19.0. The lowest BCUT2D eigenvalue weighted by molar-refractivity contribution is -0.123. The lowest BCUT2D eigenvalue weighted by Crippen LogP contribution is -2.24. The Morgan fingerprint density at radius 2 is 1.84 bits per heavy atom. The Labute approximate surface area is 193 Å². The van der Waals surface area contributed by atoms with E-state index in [2.05, 4.69) is 26.5 Å². The number of amides is 1. The number of carbonyl (C=O) groups excluding carboxylic acids is 1. The summed E-state index contributed by atoms with van der Waals surface area (Å²) in [5.74, 6) is 1.40. The summed E-state index contributed by atoms with van der Waals surface area (Å²) in [7, 11) is 1.58. The van der Waals surface area contributed by atoms with Gasteiger partial charge in [-0.15, -0.1) is 0 Å². The molecule has 0 spiro atoms. The predicted octanol–water partition coefficient (Wildman–Crippen LogP) is 5.22. The number of benzene rings is 3. The third kappa shape index (κ3) is 7.31. The average Bonchev–Trinajstić information content (AvgIpc) is 2.78. The van der Waals surface area contributed by atoms with E-state index in [0.29, 0.717) is 34.4 Å². The molecule has 0 unspecified atom stereocenters. The van der Waals surface area contributed by atoms with Gasteiger partial charge in [0.25, 0.3) is 5.91 Å². The lowest BCUT2D eigenvalue weighted by Gasteiger charge is -2.11. The van der Waals surface area contributed by atoms with Gasteiger partial charge in [0, 0.05) is 15.1 Å². The van der Waals surface area contributed by atoms with Gasteiger partial charge in [-0.05, 0) is 60.2 Å². The lowest BCUT2D eigenvalue weighted by atomic mass is 10.2. The standard InChI is InChI=1S/C23H20BrClN2O4/c1-29-21-9-10-22(31-14-16-3-2-4-18(24)11-16)17(12-21)13-26-27-23(28)15-30-20-7-5-19(25)6-8-20/h2-13H,14-15H2,1H3,(H,27,28)/b26-13+. The van der Waals surface area contributed by atoms with Crippen LogP contribution in [0.1, 0.15) is 11.1 Å². The van der Waals surface area contributed by atoms with Crippen LogP contribution in [0.3, 0.4) is 0 Å². The van der Waals surface area contributed by atoms with Crippen LogP contribution in [-0.4, -0.2) is 25.8 Å². The molecule has 0 radical (unpaired) electrons. The van der Waals surface area contributed by atoms with Gasteiger partial charge in [-0.25, -0.2) is 5.43 Å². The van der Waals surface area contributed by atoms with Crippen molar-refractivity contribution >= 4 is 39.7 Å². The molecule has 0 saturated carbocycles. The van der Waals surface area contributed by atoms with E-state index < -0.39 is 5.91 Å². The molecule has 0 aliphatic heterocycles. The first-order valence-electron chi connectivity index (χ1n) is 9.29. The minimum absolute atomic E-state index is 0.177. The van der Waals surface area contributed by atoms with Crippen LogP contribution in [0.25, 0.3) is 0 Å². The van der Waals surface area contributed by atoms with E-state index in [9.17, 15) is 4.79 Å². The van der Waals surface area contributed by atoms with Crippen molar-refractivity contribution in [2.24, 2.45) is 5.10 Å². The molecule has 0 aromatic heterocycles. The molecule has 0 aliphatic rings. The van der Waals surface area contributed by atoms with Crippen LogP contribution in [0.5, 0.6) is 17.2 Å². The third-order valence-corrected chi connectivity index (χ3v) is 4.82. The van der Waals surface area contributed by atoms with E-state index in [4.69, 9.17) is 25.8 Å². The summed E-state index contributed by atoms with van der Waals surface area (Å²) in [4.78, 5) is 12.0. The van der Waals surface area contributed by atoms with Crippen LogP contribution in [0.4, 0.5) is 0 Å². The number of ether oxygens (including phenoxy) is 3. The predicted molar refractivity (Wildman–Crippen MR) is 124 cm³/mol. The summed E-state index contributed by atoms with van der Waals surface area (Å²) in [6, 6.07) is 20.0. The second-order valence-electron chi connectivity index (χ2n) is 6.36. The normalized spacial score (nSPS) is 10.7. The highest BCUT2D eigenvalue weighted by molar-refractivity contribution is 9.10. The van der Waals surface area contributed by atoms with E-state index in [1.807, 2.05) is 24.3 Å². The van der Waals surface area contributed by atoms with E-state index in [1.165, 1.54) is 6.21 Å². The van der Waals surface area contributed by atoms with Crippen LogP contribution in [0.2, 0.25) is 5.02 Å². The molecule has 0 heterocycles. The number of methoxy groups -OCH3 is 1. The number of nitrogens with zero attached hydrogens (tertiary/aromatic N) is 1. The maximum absolute atomic E-state index is 12.0. The van der Waals surface area contributed by atoms with Gasteiger partial charge < -0.3 is 14.2 Å². The Morgan fingerprint density at radius 3 is 2.58 bits per heavy atom. The molecule has 6 nitrogen and oxygen atoms in total. The zero-order chi connectivity index (χ0) is 22.1. The Hall–Kier alpha value is -3.03. The van der Waals surface area contributed by atoms with Crippen molar-refractivity contribution in [3.8, 4) is 17.2 Å². The van der Waals surface area contributed by atoms with E-state index in [-0.39, 0.29) is 6.61 Å². The Morgan fingerprint density at radius 1 is 1.06 bits per heavy atom. The van der Waals surface area contributed by atoms with Crippen LogP contribution in [0.15, 0.2) is 76.3 Å². The van der Waals surface area contributed by atoms with Gasteiger partial charge in [-0.1, -0.05) is 39.7 Å². The maximum Gasteiger partial charge on any atom is 0.277 e. The van der Waals surface area contributed by atoms with Crippen molar-refractivity contribution in [2.75, 3.05) is 13.7 Å². The van der Waals surface area contributed by atoms with Gasteiger partial charge in [0.1, 0.15) is 23.9 Å². The zero-order valence-electron chi connectivity index (χ0n) is 16.7. The summed E-state index contributed by atoms with van der Waals surface area (Å²) in [5.41, 5.74) is 4.11. The molecule has 8 heteroatoms. The van der Waals surface area contributed by atoms with E-state index in [0.717, 1.165) is 10.0 Å². The van der Waals surface area contributed by atoms with Gasteiger partial charge >= 0.3 is 0 Å². The molecule has 3 rings (SSSR count). The smallest absolute Gasteiger partial charge is 0.277 e. The maximum atomic E-state index is 12.0. The molecule has 0 saturated heterocycles. The third-order valence-electron chi connectivity index (χ3n) is 4.08. The second kappa shape index (κ2) is 11.4. The fourth-order valence-electron chi connectivity index (χ4n) is 2.56. The van der Waals surface area contributed by atoms with Gasteiger partial charge in [-0.3, -0.25) is 4.79 Å². The molecular weight excluding hydrogens is 484 g/mol. The molecule has 0 bridgehead atoms. The van der Waals surface area contributed by atoms with Gasteiger partial charge in [-0.2, -0.15) is 5.10 Å². The second-order valence-corrected chi connectivity index (χ2v) is 7.71. The van der Waals surface area contributed by atoms with Crippen molar-refractivity contribution in [2.45, 2.75) is 6.61 Å². The number of nitrogens with one attached hydrogen (secondary N) is 1. The summed E-state index contributed by atoms with van der Waals surface area (Å²) in [5, 5.41) is 4.60. The van der Waals surface area contributed by atoms with Crippen molar-refractivity contribution < 1.29 is 19.0 Å². The first-order chi connectivity index (χ1) is 15.0. The fourth-order valence-corrected chi connectivity index (χ4v) is 3.13. The van der Waals surface area contributed by atoms with Crippen molar-refractivity contribution in [3.05, 3.63) is 87.4 Å². The number of hydrazone groups is 1. The van der Waals surface area contributed by atoms with Crippen molar-refractivity contribution in [1.29, 1.82) is 0 Å². The topological polar surface area (TPSA) is 69.2 Å². The fraction of sp³-hybridized carbons (Fsp3) is 0.130. The van der Waals surface area contributed by atoms with Crippen molar-refractivity contribution in [1.82, 2.24) is 5.43 Å². The highest BCUT2D eigenvalue weighted by Crippen LogP contribution is 2.24. The number of rotatable bonds is 9. The molecule has 0 aliphatic carbocycles. The summed E-state index contributed by atoms with van der Waals surface area (Å²) in [6.07, 6.45) is 1.50.